The minimum atomic E-state index is 0.192. The lowest BCUT2D eigenvalue weighted by Crippen LogP contribution is -2.23. The number of halogens is 1. The van der Waals surface area contributed by atoms with E-state index in [-0.39, 0.29) is 6.04 Å². The van der Waals surface area contributed by atoms with E-state index in [9.17, 15) is 0 Å². The van der Waals surface area contributed by atoms with Gasteiger partial charge in [0.25, 0.3) is 0 Å². The standard InChI is InChI=1S/C16H22ClN3S/c1-4-8-20-16(14(17)10-19-20)15(18-3)11-21-13-7-5-6-12(2)9-13/h5-7,9-10,15,18H,4,8,11H2,1-3H3. The highest BCUT2D eigenvalue weighted by atomic mass is 35.5. The SMILES string of the molecule is CCCn1ncc(Cl)c1C(CSc1cccc(C)c1)NC. The number of benzene rings is 1. The first-order valence-corrected chi connectivity index (χ1v) is 8.60. The van der Waals surface area contributed by atoms with Crippen LogP contribution in [-0.2, 0) is 6.54 Å². The van der Waals surface area contributed by atoms with Gasteiger partial charge in [-0.25, -0.2) is 0 Å². The van der Waals surface area contributed by atoms with Crippen LogP contribution < -0.4 is 5.32 Å². The summed E-state index contributed by atoms with van der Waals surface area (Å²) in [5.41, 5.74) is 2.37. The zero-order valence-corrected chi connectivity index (χ0v) is 14.3. The molecule has 1 unspecified atom stereocenters. The van der Waals surface area contributed by atoms with Crippen LogP contribution in [0.5, 0.6) is 0 Å². The van der Waals surface area contributed by atoms with Crippen molar-refractivity contribution in [3.63, 3.8) is 0 Å². The Balaban J connectivity index is 2.11. The molecule has 0 fully saturated rings. The van der Waals surface area contributed by atoms with Crippen LogP contribution in [0.15, 0.2) is 35.4 Å². The van der Waals surface area contributed by atoms with Crippen LogP contribution in [0.4, 0.5) is 0 Å². The molecule has 3 nitrogen and oxygen atoms in total. The summed E-state index contributed by atoms with van der Waals surface area (Å²) < 4.78 is 2.01. The number of thioether (sulfide) groups is 1. The number of nitrogens with one attached hydrogen (secondary N) is 1. The Morgan fingerprint density at radius 2 is 2.24 bits per heavy atom. The molecule has 1 N–H and O–H groups in total. The van der Waals surface area contributed by atoms with Crippen LogP contribution in [0.1, 0.15) is 30.6 Å². The maximum atomic E-state index is 6.33. The molecule has 2 rings (SSSR count). The molecule has 0 saturated carbocycles. The summed E-state index contributed by atoms with van der Waals surface area (Å²) in [6.07, 6.45) is 2.79. The van der Waals surface area contributed by atoms with E-state index in [1.165, 1.54) is 10.5 Å². The van der Waals surface area contributed by atoms with Crippen molar-refractivity contribution in [3.8, 4) is 0 Å². The second-order valence-corrected chi connectivity index (χ2v) is 6.57. The Kier molecular flexibility index (Phi) is 6.15. The van der Waals surface area contributed by atoms with Crippen molar-refractivity contribution in [2.75, 3.05) is 12.8 Å². The third kappa shape index (κ3) is 4.25. The highest BCUT2D eigenvalue weighted by Gasteiger charge is 2.19. The third-order valence-electron chi connectivity index (χ3n) is 3.35. The van der Waals surface area contributed by atoms with Crippen molar-refractivity contribution in [2.45, 2.75) is 37.8 Å². The third-order valence-corrected chi connectivity index (χ3v) is 4.73. The zero-order chi connectivity index (χ0) is 15.2. The van der Waals surface area contributed by atoms with Gasteiger partial charge in [0.05, 0.1) is 23.0 Å². The summed E-state index contributed by atoms with van der Waals surface area (Å²) in [5, 5.41) is 8.48. The molecule has 0 radical (unpaired) electrons. The molecule has 0 aliphatic heterocycles. The van der Waals surface area contributed by atoms with Gasteiger partial charge in [-0.3, -0.25) is 4.68 Å². The molecule has 21 heavy (non-hydrogen) atoms. The molecule has 1 atom stereocenters. The molecule has 1 aromatic heterocycles. The quantitative estimate of drug-likeness (QED) is 0.770. The summed E-state index contributed by atoms with van der Waals surface area (Å²) >= 11 is 8.17. The summed E-state index contributed by atoms with van der Waals surface area (Å²) in [4.78, 5) is 1.29. The minimum absolute atomic E-state index is 0.192. The molecular weight excluding hydrogens is 302 g/mol. The average Bonchev–Trinajstić information content (AvgIpc) is 2.82. The van der Waals surface area contributed by atoms with Crippen LogP contribution in [0, 0.1) is 6.92 Å². The molecule has 0 aliphatic carbocycles. The van der Waals surface area contributed by atoms with E-state index in [1.54, 1.807) is 6.20 Å². The molecule has 1 heterocycles. The fraction of sp³-hybridized carbons (Fsp3) is 0.438. The van der Waals surface area contributed by atoms with Gasteiger partial charge in [-0.2, -0.15) is 5.10 Å². The molecule has 0 saturated heterocycles. The smallest absolute Gasteiger partial charge is 0.0834 e. The number of aryl methyl sites for hydroxylation is 2. The predicted octanol–water partition coefficient (Wildman–Crippen LogP) is 4.31. The van der Waals surface area contributed by atoms with Crippen LogP contribution >= 0.6 is 23.4 Å². The van der Waals surface area contributed by atoms with Gasteiger partial charge in [0.15, 0.2) is 0 Å². The van der Waals surface area contributed by atoms with Crippen molar-refractivity contribution < 1.29 is 0 Å². The molecule has 2 aromatic rings. The first-order valence-electron chi connectivity index (χ1n) is 7.23. The van der Waals surface area contributed by atoms with Crippen LogP contribution in [0.3, 0.4) is 0 Å². The Hall–Kier alpha value is -0.970. The van der Waals surface area contributed by atoms with Crippen LogP contribution in [0.2, 0.25) is 5.02 Å². The molecule has 5 heteroatoms. The maximum absolute atomic E-state index is 6.33. The second kappa shape index (κ2) is 7.87. The van der Waals surface area contributed by atoms with E-state index in [4.69, 9.17) is 11.6 Å². The maximum Gasteiger partial charge on any atom is 0.0834 e. The largest absolute Gasteiger partial charge is 0.311 e. The van der Waals surface area contributed by atoms with Crippen LogP contribution in [0.25, 0.3) is 0 Å². The van der Waals surface area contributed by atoms with Crippen molar-refractivity contribution in [1.82, 2.24) is 15.1 Å². The summed E-state index contributed by atoms with van der Waals surface area (Å²) in [5.74, 6) is 0.926. The lowest BCUT2D eigenvalue weighted by Gasteiger charge is -2.18. The number of hydrogen-bond acceptors (Lipinski definition) is 3. The number of nitrogens with zero attached hydrogens (tertiary/aromatic N) is 2. The van der Waals surface area contributed by atoms with Crippen LogP contribution in [-0.4, -0.2) is 22.6 Å². The van der Waals surface area contributed by atoms with Gasteiger partial charge in [-0.05, 0) is 32.5 Å². The summed E-state index contributed by atoms with van der Waals surface area (Å²) in [7, 11) is 1.97. The highest BCUT2D eigenvalue weighted by Crippen LogP contribution is 2.29. The Morgan fingerprint density at radius 3 is 2.90 bits per heavy atom. The van der Waals surface area contributed by atoms with Crippen molar-refractivity contribution in [3.05, 3.63) is 46.7 Å². The average molecular weight is 324 g/mol. The van der Waals surface area contributed by atoms with E-state index in [0.29, 0.717) is 0 Å². The molecule has 114 valence electrons. The topological polar surface area (TPSA) is 29.9 Å². The first kappa shape index (κ1) is 16.4. The van der Waals surface area contributed by atoms with E-state index in [0.717, 1.165) is 29.4 Å². The van der Waals surface area contributed by atoms with E-state index in [1.807, 2.05) is 23.5 Å². The highest BCUT2D eigenvalue weighted by molar-refractivity contribution is 7.99. The van der Waals surface area contributed by atoms with Gasteiger partial charge < -0.3 is 5.32 Å². The monoisotopic (exact) mass is 323 g/mol. The van der Waals surface area contributed by atoms with Gasteiger partial charge in [-0.1, -0.05) is 36.2 Å². The van der Waals surface area contributed by atoms with E-state index in [2.05, 4.69) is 48.5 Å². The van der Waals surface area contributed by atoms with Crippen molar-refractivity contribution in [1.29, 1.82) is 0 Å². The van der Waals surface area contributed by atoms with Gasteiger partial charge in [0.2, 0.25) is 0 Å². The normalized spacial score (nSPS) is 12.6. The van der Waals surface area contributed by atoms with Gasteiger partial charge in [-0.15, -0.1) is 11.8 Å². The number of hydrogen-bond donors (Lipinski definition) is 1. The fourth-order valence-electron chi connectivity index (χ4n) is 2.29. The van der Waals surface area contributed by atoms with Crippen molar-refractivity contribution in [2.24, 2.45) is 0 Å². The van der Waals surface area contributed by atoms with Crippen molar-refractivity contribution >= 4 is 23.4 Å². The van der Waals surface area contributed by atoms with E-state index >= 15 is 0 Å². The zero-order valence-electron chi connectivity index (χ0n) is 12.8. The Bertz CT molecular complexity index is 583. The fourth-order valence-corrected chi connectivity index (χ4v) is 3.69. The van der Waals surface area contributed by atoms with Gasteiger partial charge >= 0.3 is 0 Å². The first-order chi connectivity index (χ1) is 10.2. The Labute approximate surface area is 136 Å². The summed E-state index contributed by atoms with van der Waals surface area (Å²) in [6, 6.07) is 8.77. The minimum Gasteiger partial charge on any atom is -0.311 e. The molecule has 0 spiro atoms. The lowest BCUT2D eigenvalue weighted by atomic mass is 10.2. The molecule has 0 bridgehead atoms. The van der Waals surface area contributed by atoms with E-state index < -0.39 is 0 Å². The Morgan fingerprint density at radius 1 is 1.43 bits per heavy atom. The molecule has 1 aromatic carbocycles. The number of rotatable bonds is 7. The predicted molar refractivity (Wildman–Crippen MR) is 91.2 cm³/mol. The van der Waals surface area contributed by atoms with Gasteiger partial charge in [0.1, 0.15) is 0 Å². The summed E-state index contributed by atoms with van der Waals surface area (Å²) in [6.45, 7) is 5.16. The number of aromatic nitrogens is 2. The lowest BCUT2D eigenvalue weighted by molar-refractivity contribution is 0.524. The second-order valence-electron chi connectivity index (χ2n) is 5.07. The molecular formula is C16H22ClN3S. The molecule has 0 aliphatic rings. The van der Waals surface area contributed by atoms with Gasteiger partial charge in [0, 0.05) is 17.2 Å². The molecule has 0 amide bonds.